The van der Waals surface area contributed by atoms with Gasteiger partial charge in [-0.3, -0.25) is 4.79 Å². The molecule has 3 rings (SSSR count). The zero-order chi connectivity index (χ0) is 11.8. The average Bonchev–Trinajstić information content (AvgIpc) is 2.67. The van der Waals surface area contributed by atoms with Gasteiger partial charge in [0.15, 0.2) is 5.78 Å². The third-order valence-electron chi connectivity index (χ3n) is 3.28. The molecule has 0 aliphatic heterocycles. The van der Waals surface area contributed by atoms with E-state index in [9.17, 15) is 9.18 Å². The van der Waals surface area contributed by atoms with Gasteiger partial charge < -0.3 is 0 Å². The highest BCUT2D eigenvalue weighted by Crippen LogP contribution is 2.38. The Kier molecular flexibility index (Phi) is 2.29. The molecule has 1 nitrogen and oxygen atoms in total. The third-order valence-corrected chi connectivity index (χ3v) is 3.28. The summed E-state index contributed by atoms with van der Waals surface area (Å²) < 4.78 is 13.3. The summed E-state index contributed by atoms with van der Waals surface area (Å²) in [6, 6.07) is 14.2. The number of fused-ring (bicyclic) bond motifs is 1. The number of hydrogen-bond acceptors (Lipinski definition) is 1. The molecule has 2 aromatic rings. The molecule has 1 unspecified atom stereocenters. The highest BCUT2D eigenvalue weighted by Gasteiger charge is 2.30. The van der Waals surface area contributed by atoms with Crippen molar-refractivity contribution in [1.82, 2.24) is 0 Å². The van der Waals surface area contributed by atoms with Gasteiger partial charge >= 0.3 is 0 Å². The maximum Gasteiger partial charge on any atom is 0.164 e. The van der Waals surface area contributed by atoms with Crippen LogP contribution in [-0.4, -0.2) is 5.78 Å². The predicted octanol–water partition coefficient (Wildman–Crippen LogP) is 3.54. The molecule has 0 saturated heterocycles. The molecule has 0 aromatic heterocycles. The van der Waals surface area contributed by atoms with Gasteiger partial charge in [0.25, 0.3) is 0 Å². The van der Waals surface area contributed by atoms with Gasteiger partial charge in [-0.05, 0) is 29.3 Å². The van der Waals surface area contributed by atoms with Crippen molar-refractivity contribution in [1.29, 1.82) is 0 Å². The van der Waals surface area contributed by atoms with E-state index in [1.807, 2.05) is 30.3 Å². The monoisotopic (exact) mass is 226 g/mol. The molecule has 0 saturated carbocycles. The van der Waals surface area contributed by atoms with E-state index in [2.05, 4.69) is 0 Å². The van der Waals surface area contributed by atoms with Gasteiger partial charge in [-0.25, -0.2) is 4.39 Å². The van der Waals surface area contributed by atoms with Crippen LogP contribution in [0.3, 0.4) is 0 Å². The molecule has 0 radical (unpaired) electrons. The van der Waals surface area contributed by atoms with Crippen molar-refractivity contribution < 1.29 is 9.18 Å². The highest BCUT2D eigenvalue weighted by atomic mass is 19.1. The summed E-state index contributed by atoms with van der Waals surface area (Å²) in [5.74, 6) is -0.164. The van der Waals surface area contributed by atoms with Crippen molar-refractivity contribution in [3.8, 4) is 0 Å². The number of ketones is 1. The van der Waals surface area contributed by atoms with Crippen molar-refractivity contribution in [3.63, 3.8) is 0 Å². The smallest absolute Gasteiger partial charge is 0.164 e. The molecule has 1 aliphatic rings. The molecular formula is C15H11FO. The molecule has 0 N–H and O–H groups in total. The largest absolute Gasteiger partial charge is 0.294 e. The Morgan fingerprint density at radius 2 is 1.82 bits per heavy atom. The summed E-state index contributed by atoms with van der Waals surface area (Å²) in [6.07, 6.45) is 0.447. The fourth-order valence-corrected chi connectivity index (χ4v) is 2.46. The summed E-state index contributed by atoms with van der Waals surface area (Å²) in [7, 11) is 0. The summed E-state index contributed by atoms with van der Waals surface area (Å²) >= 11 is 0. The molecule has 2 aromatic carbocycles. The molecule has 2 heteroatoms. The molecule has 1 aliphatic carbocycles. The van der Waals surface area contributed by atoms with Crippen molar-refractivity contribution in [2.75, 3.05) is 0 Å². The molecule has 0 heterocycles. The minimum absolute atomic E-state index is 0.00870. The van der Waals surface area contributed by atoms with Gasteiger partial charge in [-0.1, -0.05) is 30.3 Å². The van der Waals surface area contributed by atoms with Gasteiger partial charge in [0.05, 0.1) is 0 Å². The van der Waals surface area contributed by atoms with Crippen molar-refractivity contribution in [2.45, 2.75) is 12.3 Å². The average molecular weight is 226 g/mol. The lowest BCUT2D eigenvalue weighted by Crippen LogP contribution is -1.96. The lowest BCUT2D eigenvalue weighted by Gasteiger charge is -2.10. The summed E-state index contributed by atoms with van der Waals surface area (Å²) in [5, 5.41) is 0. The van der Waals surface area contributed by atoms with Crippen LogP contribution in [-0.2, 0) is 0 Å². The van der Waals surface area contributed by atoms with E-state index in [1.54, 1.807) is 6.07 Å². The first kappa shape index (κ1) is 10.2. The first-order valence-corrected chi connectivity index (χ1v) is 5.63. The molecule has 84 valence electrons. The fourth-order valence-electron chi connectivity index (χ4n) is 2.46. The van der Waals surface area contributed by atoms with E-state index in [1.165, 1.54) is 12.1 Å². The van der Waals surface area contributed by atoms with Gasteiger partial charge in [-0.15, -0.1) is 0 Å². The van der Waals surface area contributed by atoms with Crippen molar-refractivity contribution in [3.05, 3.63) is 71.0 Å². The van der Waals surface area contributed by atoms with Crippen LogP contribution in [0.25, 0.3) is 0 Å². The van der Waals surface area contributed by atoms with E-state index in [0.717, 1.165) is 11.1 Å². The van der Waals surface area contributed by atoms with Crippen molar-refractivity contribution in [2.24, 2.45) is 0 Å². The zero-order valence-corrected chi connectivity index (χ0v) is 9.19. The number of carbonyl (C=O) groups is 1. The second-order valence-corrected chi connectivity index (χ2v) is 4.32. The SMILES string of the molecule is O=C1CC(c2ccccc2)c2cc(F)ccc21. The summed E-state index contributed by atoms with van der Waals surface area (Å²) in [4.78, 5) is 11.8. The minimum atomic E-state index is -0.278. The Labute approximate surface area is 98.9 Å². The number of rotatable bonds is 1. The lowest BCUT2D eigenvalue weighted by atomic mass is 9.93. The zero-order valence-electron chi connectivity index (χ0n) is 9.19. The van der Waals surface area contributed by atoms with E-state index >= 15 is 0 Å². The summed E-state index contributed by atoms with van der Waals surface area (Å²) in [5.41, 5.74) is 2.56. The molecule has 0 bridgehead atoms. The second kappa shape index (κ2) is 3.81. The van der Waals surface area contributed by atoms with E-state index < -0.39 is 0 Å². The minimum Gasteiger partial charge on any atom is -0.294 e. The van der Waals surface area contributed by atoms with Crippen LogP contribution in [0.15, 0.2) is 48.5 Å². The van der Waals surface area contributed by atoms with Crippen LogP contribution in [0.5, 0.6) is 0 Å². The van der Waals surface area contributed by atoms with Gasteiger partial charge in [0.1, 0.15) is 5.82 Å². The molecule has 0 fully saturated rings. The maximum absolute atomic E-state index is 13.3. The maximum atomic E-state index is 13.3. The van der Waals surface area contributed by atoms with E-state index in [0.29, 0.717) is 12.0 Å². The molecule has 17 heavy (non-hydrogen) atoms. The number of carbonyl (C=O) groups excluding carboxylic acids is 1. The molecule has 0 amide bonds. The quantitative estimate of drug-likeness (QED) is 0.726. The standard InChI is InChI=1S/C15H11FO/c16-11-6-7-12-14(8-11)13(9-15(12)17)10-4-2-1-3-5-10/h1-8,13H,9H2. The molecule has 0 spiro atoms. The van der Waals surface area contributed by atoms with Crippen LogP contribution in [0.4, 0.5) is 4.39 Å². The number of benzene rings is 2. The van der Waals surface area contributed by atoms with Gasteiger partial charge in [-0.2, -0.15) is 0 Å². The molecule has 1 atom stereocenters. The first-order valence-electron chi connectivity index (χ1n) is 5.63. The van der Waals surface area contributed by atoms with Gasteiger partial charge in [0, 0.05) is 17.9 Å². The number of hydrogen-bond donors (Lipinski definition) is 0. The Balaban J connectivity index is 2.13. The van der Waals surface area contributed by atoms with Crippen LogP contribution in [0, 0.1) is 5.82 Å². The Morgan fingerprint density at radius 1 is 1.06 bits per heavy atom. The number of halogens is 1. The van der Waals surface area contributed by atoms with Gasteiger partial charge in [0.2, 0.25) is 0 Å². The Bertz CT molecular complexity index is 575. The normalized spacial score (nSPS) is 18.2. The Hall–Kier alpha value is -1.96. The first-order chi connectivity index (χ1) is 8.25. The van der Waals surface area contributed by atoms with Crippen molar-refractivity contribution >= 4 is 5.78 Å². The third kappa shape index (κ3) is 1.66. The highest BCUT2D eigenvalue weighted by molar-refractivity contribution is 6.01. The summed E-state index contributed by atoms with van der Waals surface area (Å²) in [6.45, 7) is 0. The lowest BCUT2D eigenvalue weighted by molar-refractivity contribution is 0.0991. The second-order valence-electron chi connectivity index (χ2n) is 4.32. The topological polar surface area (TPSA) is 17.1 Å². The Morgan fingerprint density at radius 3 is 2.59 bits per heavy atom. The molecular weight excluding hydrogens is 215 g/mol. The van der Waals surface area contributed by atoms with Crippen LogP contribution in [0.1, 0.15) is 33.8 Å². The number of Topliss-reactive ketones (excluding diaryl/α,β-unsaturated/α-hetero) is 1. The van der Waals surface area contributed by atoms with Crippen LogP contribution in [0.2, 0.25) is 0 Å². The van der Waals surface area contributed by atoms with E-state index in [-0.39, 0.29) is 17.5 Å². The predicted molar refractivity (Wildman–Crippen MR) is 63.6 cm³/mol. The van der Waals surface area contributed by atoms with E-state index in [4.69, 9.17) is 0 Å². The van der Waals surface area contributed by atoms with Crippen LogP contribution >= 0.6 is 0 Å². The fraction of sp³-hybridized carbons (Fsp3) is 0.133. The van der Waals surface area contributed by atoms with Crippen LogP contribution < -0.4 is 0 Å².